The van der Waals surface area contributed by atoms with E-state index in [2.05, 4.69) is 11.1 Å². The Bertz CT molecular complexity index is 264. The second-order valence-electron chi connectivity index (χ2n) is 4.35. The summed E-state index contributed by atoms with van der Waals surface area (Å²) in [7, 11) is 0. The van der Waals surface area contributed by atoms with E-state index in [0.717, 1.165) is 24.8 Å². The van der Waals surface area contributed by atoms with E-state index in [4.69, 9.17) is 11.5 Å². The molecule has 2 rings (SSSR count). The summed E-state index contributed by atoms with van der Waals surface area (Å²) in [4.78, 5) is 4.00. The summed E-state index contributed by atoms with van der Waals surface area (Å²) in [5.41, 5.74) is 12.3. The van der Waals surface area contributed by atoms with Gasteiger partial charge < -0.3 is 11.5 Å². The Hall–Kier alpha value is -0.990. The first kappa shape index (κ1) is 9.56. The number of rotatable bonds is 4. The minimum absolute atomic E-state index is 0.220. The number of fused-ring (bicyclic) bond motifs is 1. The summed E-state index contributed by atoms with van der Waals surface area (Å²) in [6.07, 6.45) is 9.01. The van der Waals surface area contributed by atoms with Crippen LogP contribution < -0.4 is 11.5 Å². The van der Waals surface area contributed by atoms with Crippen LogP contribution in [0.2, 0.25) is 0 Å². The van der Waals surface area contributed by atoms with E-state index in [1.54, 1.807) is 5.57 Å². The summed E-state index contributed by atoms with van der Waals surface area (Å²) in [5, 5.41) is 0. The molecule has 0 bridgehead atoms. The maximum atomic E-state index is 5.26. The Morgan fingerprint density at radius 3 is 3.07 bits per heavy atom. The van der Waals surface area contributed by atoms with Crippen molar-refractivity contribution in [1.29, 1.82) is 0 Å². The van der Waals surface area contributed by atoms with E-state index in [0.29, 0.717) is 0 Å². The number of allylic oxidation sites excluding steroid dienone is 2. The highest BCUT2D eigenvalue weighted by Gasteiger charge is 2.34. The molecule has 0 spiro atoms. The molecule has 0 aromatic heterocycles. The van der Waals surface area contributed by atoms with Gasteiger partial charge in [0.05, 0.1) is 0 Å². The Morgan fingerprint density at radius 2 is 2.29 bits per heavy atom. The zero-order chi connectivity index (χ0) is 9.97. The van der Waals surface area contributed by atoms with Gasteiger partial charge in [-0.15, -0.1) is 0 Å². The predicted molar refractivity (Wildman–Crippen MR) is 58.8 cm³/mol. The highest BCUT2D eigenvalue weighted by molar-refractivity contribution is 5.75. The fraction of sp³-hybridized carbons (Fsp3) is 0.727. The van der Waals surface area contributed by atoms with Crippen LogP contribution in [0.25, 0.3) is 0 Å². The van der Waals surface area contributed by atoms with Gasteiger partial charge in [-0.25, -0.2) is 0 Å². The number of guanidine groups is 1. The Labute approximate surface area is 85.3 Å². The molecule has 0 aromatic carbocycles. The summed E-state index contributed by atoms with van der Waals surface area (Å²) in [6.45, 7) is 0.788. The zero-order valence-electron chi connectivity index (χ0n) is 8.58. The van der Waals surface area contributed by atoms with Gasteiger partial charge in [-0.05, 0) is 37.5 Å². The number of aliphatic imine (C=N–C) groups is 1. The summed E-state index contributed by atoms with van der Waals surface area (Å²) in [5.74, 6) is 1.96. The van der Waals surface area contributed by atoms with Crippen LogP contribution in [0.1, 0.15) is 32.1 Å². The molecular weight excluding hydrogens is 174 g/mol. The van der Waals surface area contributed by atoms with Crippen LogP contribution in [0.5, 0.6) is 0 Å². The van der Waals surface area contributed by atoms with E-state index in [1.165, 1.54) is 25.7 Å². The molecule has 1 unspecified atom stereocenters. The molecule has 0 aromatic rings. The first-order valence-electron chi connectivity index (χ1n) is 5.54. The SMILES string of the molecule is NC(N)=NCCC[C@@H]1CCCC2C=C21. The molecular formula is C11H19N3. The minimum Gasteiger partial charge on any atom is -0.370 e. The molecule has 2 aliphatic carbocycles. The molecule has 3 heteroatoms. The van der Waals surface area contributed by atoms with Crippen LogP contribution in [0, 0.1) is 11.8 Å². The second-order valence-corrected chi connectivity index (χ2v) is 4.35. The Morgan fingerprint density at radius 1 is 1.43 bits per heavy atom. The van der Waals surface area contributed by atoms with Gasteiger partial charge in [0.1, 0.15) is 0 Å². The van der Waals surface area contributed by atoms with Gasteiger partial charge in [0.2, 0.25) is 0 Å². The lowest BCUT2D eigenvalue weighted by atomic mass is 9.86. The van der Waals surface area contributed by atoms with E-state index < -0.39 is 0 Å². The van der Waals surface area contributed by atoms with Crippen molar-refractivity contribution >= 4 is 5.96 Å². The van der Waals surface area contributed by atoms with E-state index in [9.17, 15) is 0 Å². The van der Waals surface area contributed by atoms with E-state index >= 15 is 0 Å². The molecule has 78 valence electrons. The lowest BCUT2D eigenvalue weighted by Crippen LogP contribution is -2.23. The third kappa shape index (κ3) is 2.28. The number of nitrogens with two attached hydrogens (primary N) is 2. The van der Waals surface area contributed by atoms with Crippen LogP contribution in [-0.2, 0) is 0 Å². The highest BCUT2D eigenvalue weighted by Crippen LogP contribution is 2.47. The number of hydrogen-bond acceptors (Lipinski definition) is 1. The summed E-state index contributed by atoms with van der Waals surface area (Å²) in [6, 6.07) is 0. The molecule has 0 radical (unpaired) electrons. The summed E-state index contributed by atoms with van der Waals surface area (Å²) >= 11 is 0. The highest BCUT2D eigenvalue weighted by atomic mass is 15.0. The lowest BCUT2D eigenvalue weighted by molar-refractivity contribution is 0.424. The van der Waals surface area contributed by atoms with Crippen LogP contribution in [0.4, 0.5) is 0 Å². The van der Waals surface area contributed by atoms with Gasteiger partial charge in [0.25, 0.3) is 0 Å². The van der Waals surface area contributed by atoms with Gasteiger partial charge in [0.15, 0.2) is 5.96 Å². The molecule has 0 saturated heterocycles. The molecule has 1 fully saturated rings. The average molecular weight is 193 g/mol. The predicted octanol–water partition coefficient (Wildman–Crippen LogP) is 1.40. The van der Waals surface area contributed by atoms with Gasteiger partial charge in [0, 0.05) is 6.54 Å². The maximum absolute atomic E-state index is 5.26. The molecule has 2 atom stereocenters. The van der Waals surface area contributed by atoms with E-state index in [-0.39, 0.29) is 5.96 Å². The van der Waals surface area contributed by atoms with Crippen molar-refractivity contribution in [2.45, 2.75) is 32.1 Å². The van der Waals surface area contributed by atoms with Crippen LogP contribution in [-0.4, -0.2) is 12.5 Å². The normalized spacial score (nSPS) is 29.0. The molecule has 4 N–H and O–H groups in total. The molecule has 2 aliphatic rings. The smallest absolute Gasteiger partial charge is 0.185 e. The van der Waals surface area contributed by atoms with Crippen molar-refractivity contribution in [2.75, 3.05) is 6.54 Å². The van der Waals surface area contributed by atoms with Crippen LogP contribution in [0.15, 0.2) is 16.6 Å². The van der Waals surface area contributed by atoms with Gasteiger partial charge in [-0.1, -0.05) is 18.1 Å². The first-order chi connectivity index (χ1) is 6.77. The fourth-order valence-electron chi connectivity index (χ4n) is 2.48. The third-order valence-electron chi connectivity index (χ3n) is 3.26. The van der Waals surface area contributed by atoms with Crippen molar-refractivity contribution in [3.8, 4) is 0 Å². The molecule has 0 aliphatic heterocycles. The first-order valence-corrected chi connectivity index (χ1v) is 5.54. The van der Waals surface area contributed by atoms with E-state index in [1.807, 2.05) is 0 Å². The average Bonchev–Trinajstić information content (AvgIpc) is 2.91. The Kier molecular flexibility index (Phi) is 2.75. The molecule has 0 amide bonds. The topological polar surface area (TPSA) is 64.4 Å². The van der Waals surface area contributed by atoms with Crippen LogP contribution >= 0.6 is 0 Å². The molecule has 14 heavy (non-hydrogen) atoms. The molecule has 0 heterocycles. The standard InChI is InChI=1S/C11H19N3/c12-11(13)14-6-2-5-8-3-1-4-9-7-10(8)9/h7-9H,1-6H2,(H4,12,13,14)/t8-,9?/m0/s1. The van der Waals surface area contributed by atoms with Gasteiger partial charge in [-0.3, -0.25) is 4.99 Å². The van der Waals surface area contributed by atoms with Crippen molar-refractivity contribution in [3.63, 3.8) is 0 Å². The second kappa shape index (κ2) is 4.03. The van der Waals surface area contributed by atoms with Crippen LogP contribution in [0.3, 0.4) is 0 Å². The lowest BCUT2D eigenvalue weighted by Gasteiger charge is -2.19. The largest absolute Gasteiger partial charge is 0.370 e. The summed E-state index contributed by atoms with van der Waals surface area (Å²) < 4.78 is 0. The van der Waals surface area contributed by atoms with Crippen molar-refractivity contribution in [1.82, 2.24) is 0 Å². The molecule has 3 nitrogen and oxygen atoms in total. The maximum Gasteiger partial charge on any atom is 0.185 e. The third-order valence-corrected chi connectivity index (χ3v) is 3.26. The monoisotopic (exact) mass is 193 g/mol. The number of hydrogen-bond donors (Lipinski definition) is 2. The van der Waals surface area contributed by atoms with Gasteiger partial charge >= 0.3 is 0 Å². The number of nitrogens with zero attached hydrogens (tertiary/aromatic N) is 1. The fourth-order valence-corrected chi connectivity index (χ4v) is 2.48. The molecule has 1 saturated carbocycles. The van der Waals surface area contributed by atoms with Crippen molar-refractivity contribution in [2.24, 2.45) is 28.3 Å². The van der Waals surface area contributed by atoms with Gasteiger partial charge in [-0.2, -0.15) is 0 Å². The van der Waals surface area contributed by atoms with Crippen molar-refractivity contribution < 1.29 is 0 Å². The Balaban J connectivity index is 1.66. The quantitative estimate of drug-likeness (QED) is 0.307. The van der Waals surface area contributed by atoms with Crippen molar-refractivity contribution in [3.05, 3.63) is 11.6 Å². The zero-order valence-corrected chi connectivity index (χ0v) is 8.58. The minimum atomic E-state index is 0.220.